The summed E-state index contributed by atoms with van der Waals surface area (Å²) in [5.41, 5.74) is 3.68. The van der Waals surface area contributed by atoms with Gasteiger partial charge in [-0.15, -0.1) is 0 Å². The Balaban J connectivity index is 1.42. The first-order valence-electron chi connectivity index (χ1n) is 11.6. The van der Waals surface area contributed by atoms with Crippen molar-refractivity contribution in [3.05, 3.63) is 53.7 Å². The molecule has 1 aliphatic carbocycles. The number of halogens is 1. The molecule has 4 heterocycles. The molecule has 1 aromatic carbocycles. The number of hydrogen-bond acceptors (Lipinski definition) is 7. The first-order chi connectivity index (χ1) is 17.1. The molecule has 35 heavy (non-hydrogen) atoms. The predicted molar refractivity (Wildman–Crippen MR) is 125 cm³/mol. The third kappa shape index (κ3) is 3.98. The average Bonchev–Trinajstić information content (AvgIpc) is 3.55. The summed E-state index contributed by atoms with van der Waals surface area (Å²) in [6, 6.07) is 6.57. The number of nitrogens with one attached hydrogen (secondary N) is 3. The number of fused-ring (bicyclic) bond motifs is 3. The van der Waals surface area contributed by atoms with Gasteiger partial charge in [-0.3, -0.25) is 9.78 Å². The summed E-state index contributed by atoms with van der Waals surface area (Å²) in [5.74, 6) is 0.128. The van der Waals surface area contributed by atoms with Crippen molar-refractivity contribution in [2.45, 2.75) is 24.5 Å². The lowest BCUT2D eigenvalue weighted by Gasteiger charge is -2.23. The second-order valence-electron chi connectivity index (χ2n) is 8.78. The van der Waals surface area contributed by atoms with Crippen LogP contribution in [0.2, 0.25) is 0 Å². The molecular formula is C25H25FN4O5. The molecule has 10 heteroatoms. The summed E-state index contributed by atoms with van der Waals surface area (Å²) in [5, 5.41) is 6.31. The van der Waals surface area contributed by atoms with E-state index in [0.717, 1.165) is 12.1 Å². The van der Waals surface area contributed by atoms with Gasteiger partial charge in [0.25, 0.3) is 5.91 Å². The summed E-state index contributed by atoms with van der Waals surface area (Å²) >= 11 is 0. The number of amides is 1. The number of para-hydroxylation sites is 1. The lowest BCUT2D eigenvalue weighted by molar-refractivity contribution is -0.101. The maximum absolute atomic E-state index is 14.4. The van der Waals surface area contributed by atoms with Gasteiger partial charge in [-0.1, -0.05) is 6.07 Å². The van der Waals surface area contributed by atoms with E-state index in [-0.39, 0.29) is 29.7 Å². The van der Waals surface area contributed by atoms with E-state index in [4.69, 9.17) is 18.9 Å². The Labute approximate surface area is 200 Å². The molecule has 2 aliphatic heterocycles. The SMILES string of the molecule is COc1c(F)cccc1Nc1c(-c2ccncc2OC[C@@H]2COCCO2)[nH]c2c1C(=O)NC1C[C@H]21. The summed E-state index contributed by atoms with van der Waals surface area (Å²) in [7, 11) is 1.41. The highest BCUT2D eigenvalue weighted by atomic mass is 19.1. The van der Waals surface area contributed by atoms with Gasteiger partial charge >= 0.3 is 0 Å². The Morgan fingerprint density at radius 2 is 2.20 bits per heavy atom. The van der Waals surface area contributed by atoms with Crippen molar-refractivity contribution in [1.29, 1.82) is 0 Å². The number of H-pyrrole nitrogens is 1. The molecule has 1 saturated heterocycles. The zero-order valence-corrected chi connectivity index (χ0v) is 19.1. The lowest BCUT2D eigenvalue weighted by Crippen LogP contribution is -2.33. The fourth-order valence-corrected chi connectivity index (χ4v) is 4.74. The van der Waals surface area contributed by atoms with Crippen molar-refractivity contribution in [2.75, 3.05) is 38.9 Å². The summed E-state index contributed by atoms with van der Waals surface area (Å²) < 4.78 is 37.0. The summed E-state index contributed by atoms with van der Waals surface area (Å²) in [4.78, 5) is 20.8. The monoisotopic (exact) mass is 480 g/mol. The molecule has 6 rings (SSSR count). The number of nitrogens with zero attached hydrogens (tertiary/aromatic N) is 1. The molecule has 0 radical (unpaired) electrons. The van der Waals surface area contributed by atoms with Crippen molar-refractivity contribution in [3.8, 4) is 22.8 Å². The highest BCUT2D eigenvalue weighted by molar-refractivity contribution is 6.07. The van der Waals surface area contributed by atoms with E-state index in [1.165, 1.54) is 13.2 Å². The Morgan fingerprint density at radius 1 is 1.29 bits per heavy atom. The van der Waals surface area contributed by atoms with Gasteiger partial charge in [0.2, 0.25) is 0 Å². The van der Waals surface area contributed by atoms with E-state index in [1.807, 2.05) is 6.07 Å². The van der Waals surface area contributed by atoms with Crippen LogP contribution in [0.5, 0.6) is 11.5 Å². The lowest BCUT2D eigenvalue weighted by atomic mass is 10.0. The van der Waals surface area contributed by atoms with Crippen LogP contribution in [0, 0.1) is 5.82 Å². The zero-order chi connectivity index (χ0) is 23.9. The van der Waals surface area contributed by atoms with Gasteiger partial charge in [-0.25, -0.2) is 4.39 Å². The largest absolute Gasteiger partial charge is 0.492 e. The average molecular weight is 480 g/mol. The van der Waals surface area contributed by atoms with Gasteiger partial charge < -0.3 is 34.6 Å². The van der Waals surface area contributed by atoms with Crippen LogP contribution < -0.4 is 20.1 Å². The number of carbonyl (C=O) groups excluding carboxylic acids is 1. The number of benzene rings is 1. The quantitative estimate of drug-likeness (QED) is 0.476. The van der Waals surface area contributed by atoms with Crippen LogP contribution in [0.4, 0.5) is 15.8 Å². The zero-order valence-electron chi connectivity index (χ0n) is 19.1. The van der Waals surface area contributed by atoms with Crippen molar-refractivity contribution < 1.29 is 28.1 Å². The minimum atomic E-state index is -0.502. The van der Waals surface area contributed by atoms with Crippen molar-refractivity contribution in [2.24, 2.45) is 0 Å². The molecule has 3 atom stereocenters. The van der Waals surface area contributed by atoms with E-state index >= 15 is 0 Å². The summed E-state index contributed by atoms with van der Waals surface area (Å²) in [6.45, 7) is 1.86. The first-order valence-corrected chi connectivity index (χ1v) is 11.6. The maximum Gasteiger partial charge on any atom is 0.255 e. The fourth-order valence-electron chi connectivity index (χ4n) is 4.74. The number of pyridine rings is 1. The third-order valence-electron chi connectivity index (χ3n) is 6.53. The molecular weight excluding hydrogens is 455 g/mol. The van der Waals surface area contributed by atoms with Crippen LogP contribution in [0.3, 0.4) is 0 Å². The topological polar surface area (TPSA) is 107 Å². The van der Waals surface area contributed by atoms with Crippen LogP contribution in [0.1, 0.15) is 28.4 Å². The van der Waals surface area contributed by atoms with Crippen LogP contribution in [0.25, 0.3) is 11.3 Å². The maximum atomic E-state index is 14.4. The Bertz CT molecular complexity index is 1270. The minimum absolute atomic E-state index is 0.0644. The molecule has 0 bridgehead atoms. The van der Waals surface area contributed by atoms with Gasteiger partial charge in [0.05, 0.1) is 55.8 Å². The fraction of sp³-hybridized carbons (Fsp3) is 0.360. The standard InChI is InChI=1S/C25H25FN4O5/c1-32-24-16(26)3-2-4-17(24)28-23-20-21(15-9-18(15)29-25(20)31)30-22(23)14-5-6-27-10-19(14)35-12-13-11-33-7-8-34-13/h2-6,10,13,15,18,28,30H,7-9,11-12H2,1H3,(H,29,31)/t13-,15-,18?/m0/s1. The number of aromatic amines is 1. The number of ether oxygens (including phenoxy) is 4. The third-order valence-corrected chi connectivity index (χ3v) is 6.53. The van der Waals surface area contributed by atoms with Gasteiger partial charge in [0.15, 0.2) is 11.6 Å². The second kappa shape index (κ2) is 8.86. The highest BCUT2D eigenvalue weighted by Gasteiger charge is 2.48. The number of methoxy groups -OCH3 is 1. The van der Waals surface area contributed by atoms with Crippen LogP contribution in [-0.4, -0.2) is 61.6 Å². The van der Waals surface area contributed by atoms with Crippen molar-refractivity contribution in [3.63, 3.8) is 0 Å². The van der Waals surface area contributed by atoms with Gasteiger partial charge in [0.1, 0.15) is 18.5 Å². The van der Waals surface area contributed by atoms with E-state index in [2.05, 4.69) is 20.6 Å². The summed E-state index contributed by atoms with van der Waals surface area (Å²) in [6.07, 6.45) is 3.99. The van der Waals surface area contributed by atoms with Gasteiger partial charge in [-0.2, -0.15) is 0 Å². The molecule has 1 amide bonds. The smallest absolute Gasteiger partial charge is 0.255 e. The molecule has 2 aromatic heterocycles. The highest BCUT2D eigenvalue weighted by Crippen LogP contribution is 2.51. The van der Waals surface area contributed by atoms with E-state index in [1.54, 1.807) is 24.5 Å². The van der Waals surface area contributed by atoms with E-state index < -0.39 is 5.82 Å². The predicted octanol–water partition coefficient (Wildman–Crippen LogP) is 3.36. The van der Waals surface area contributed by atoms with Crippen molar-refractivity contribution in [1.82, 2.24) is 15.3 Å². The first kappa shape index (κ1) is 21.9. The number of hydrogen-bond donors (Lipinski definition) is 3. The molecule has 3 N–H and O–H groups in total. The van der Waals surface area contributed by atoms with E-state index in [9.17, 15) is 9.18 Å². The molecule has 3 aliphatic rings. The van der Waals surface area contributed by atoms with Gasteiger partial charge in [-0.05, 0) is 24.6 Å². The normalized spacial score (nSPS) is 22.6. The molecule has 3 aromatic rings. The molecule has 9 nitrogen and oxygen atoms in total. The minimum Gasteiger partial charge on any atom is -0.492 e. The molecule has 1 saturated carbocycles. The van der Waals surface area contributed by atoms with Crippen LogP contribution in [-0.2, 0) is 9.47 Å². The van der Waals surface area contributed by atoms with E-state index in [0.29, 0.717) is 60.4 Å². The Morgan fingerprint density at radius 3 is 3.03 bits per heavy atom. The molecule has 0 spiro atoms. The van der Waals surface area contributed by atoms with Crippen molar-refractivity contribution >= 4 is 17.3 Å². The van der Waals surface area contributed by atoms with Crippen LogP contribution >= 0.6 is 0 Å². The van der Waals surface area contributed by atoms with Crippen LogP contribution in [0.15, 0.2) is 36.7 Å². The van der Waals surface area contributed by atoms with Gasteiger partial charge in [0, 0.05) is 29.4 Å². The number of anilines is 2. The Kier molecular flexibility index (Phi) is 5.54. The number of rotatable bonds is 7. The number of carbonyl (C=O) groups is 1. The molecule has 1 unspecified atom stereocenters. The second-order valence-corrected chi connectivity index (χ2v) is 8.78. The number of aromatic nitrogens is 2. The molecule has 182 valence electrons. The Hall–Kier alpha value is -3.63. The molecule has 2 fully saturated rings.